The van der Waals surface area contributed by atoms with Crippen molar-refractivity contribution in [3.05, 3.63) is 80.4 Å². The van der Waals surface area contributed by atoms with Crippen LogP contribution in [0.5, 0.6) is 0 Å². The lowest BCUT2D eigenvalue weighted by atomic mass is 10.2. The molecule has 4 aromatic rings. The third-order valence-corrected chi connectivity index (χ3v) is 10.4. The maximum atomic E-state index is 12.3. The van der Waals surface area contributed by atoms with Crippen molar-refractivity contribution in [1.29, 1.82) is 0 Å². The summed E-state index contributed by atoms with van der Waals surface area (Å²) in [6.45, 7) is 15.5. The summed E-state index contributed by atoms with van der Waals surface area (Å²) >= 11 is 0. The zero-order valence-corrected chi connectivity index (χ0v) is 29.2. The van der Waals surface area contributed by atoms with Crippen LogP contribution in [-0.4, -0.2) is 71.7 Å². The van der Waals surface area contributed by atoms with E-state index in [0.717, 1.165) is 17.6 Å². The lowest BCUT2D eigenvalue weighted by molar-refractivity contribution is -0.136. The average molecular weight is 655 g/mol. The van der Waals surface area contributed by atoms with Crippen molar-refractivity contribution in [1.82, 2.24) is 19.6 Å². The second kappa shape index (κ2) is 16.2. The Bertz CT molecular complexity index is 1710. The van der Waals surface area contributed by atoms with Crippen molar-refractivity contribution in [2.75, 3.05) is 19.8 Å². The van der Waals surface area contributed by atoms with E-state index in [1.54, 1.807) is 33.6 Å². The molecule has 2 N–H and O–H groups in total. The van der Waals surface area contributed by atoms with E-state index in [1.165, 1.54) is 0 Å². The van der Waals surface area contributed by atoms with Gasteiger partial charge in [0, 0.05) is 53.2 Å². The molecule has 0 saturated heterocycles. The predicted molar refractivity (Wildman–Crippen MR) is 182 cm³/mol. The highest BCUT2D eigenvalue weighted by Crippen LogP contribution is 2.13. The Morgan fingerprint density at radius 2 is 1.16 bits per heavy atom. The van der Waals surface area contributed by atoms with Gasteiger partial charge in [-0.2, -0.15) is 10.2 Å². The molecule has 0 unspecified atom stereocenters. The quantitative estimate of drug-likeness (QED) is 0.147. The van der Waals surface area contributed by atoms with E-state index < -0.39 is 28.5 Å². The number of benzene rings is 2. The Hall–Kier alpha value is -3.50. The molecule has 0 saturated carbocycles. The molecule has 2 aromatic heterocycles. The second-order valence-electron chi connectivity index (χ2n) is 13.3. The molecule has 0 aliphatic carbocycles. The minimum absolute atomic E-state index is 0.0324. The van der Waals surface area contributed by atoms with E-state index in [9.17, 15) is 14.4 Å². The van der Waals surface area contributed by atoms with Crippen LogP contribution in [0.15, 0.2) is 58.1 Å². The highest BCUT2D eigenvalue weighted by Gasteiger charge is 2.16. The van der Waals surface area contributed by atoms with Gasteiger partial charge in [0.2, 0.25) is 10.9 Å². The van der Waals surface area contributed by atoms with Crippen molar-refractivity contribution in [3.63, 3.8) is 0 Å². The van der Waals surface area contributed by atoms with E-state index in [-0.39, 0.29) is 36.3 Å². The predicted octanol–water partition coefficient (Wildman–Crippen LogP) is 4.58. The number of rotatable bonds is 14. The molecule has 45 heavy (non-hydrogen) atoms. The number of ether oxygens (including phenoxy) is 2. The van der Waals surface area contributed by atoms with Crippen molar-refractivity contribution in [2.45, 2.75) is 77.7 Å². The Morgan fingerprint density at radius 1 is 0.733 bits per heavy atom. The molecule has 0 aliphatic heterocycles. The monoisotopic (exact) mass is 654 g/mol. The number of hydrogen-bond acceptors (Lipinski definition) is 8. The van der Waals surface area contributed by atoms with Crippen molar-refractivity contribution < 1.29 is 24.5 Å². The summed E-state index contributed by atoms with van der Waals surface area (Å²) in [4.78, 5) is 35.5. The number of aromatic nitrogens is 4. The van der Waals surface area contributed by atoms with Crippen LogP contribution < -0.4 is 10.9 Å². The van der Waals surface area contributed by atoms with Gasteiger partial charge in [0.25, 0.3) is 0 Å². The summed E-state index contributed by atoms with van der Waals surface area (Å²) in [5.74, 6) is -1.07. The summed E-state index contributed by atoms with van der Waals surface area (Å²) in [6, 6.07) is 16.6. The summed E-state index contributed by atoms with van der Waals surface area (Å²) in [5, 5.41) is 27.7. The third kappa shape index (κ3) is 11.1. The molecule has 0 spiro atoms. The summed E-state index contributed by atoms with van der Waals surface area (Å²) in [7, 11) is -2.29. The number of carboxylic acids is 1. The van der Waals surface area contributed by atoms with Crippen LogP contribution in [0.25, 0.3) is 21.8 Å². The van der Waals surface area contributed by atoms with Gasteiger partial charge in [0.05, 0.1) is 17.5 Å². The number of carbonyl (C=O) groups is 1. The van der Waals surface area contributed by atoms with Gasteiger partial charge in [-0.25, -0.2) is 9.36 Å². The van der Waals surface area contributed by atoms with E-state index >= 15 is 0 Å². The van der Waals surface area contributed by atoms with Crippen LogP contribution in [0.3, 0.4) is 0 Å². The first-order valence-electron chi connectivity index (χ1n) is 15.2. The number of hydrogen-bond donors (Lipinski definition) is 2. The molecule has 2 aromatic carbocycles. The normalized spacial score (nSPS) is 11.9. The molecule has 0 aliphatic rings. The van der Waals surface area contributed by atoms with E-state index in [1.807, 2.05) is 24.3 Å². The van der Waals surface area contributed by atoms with Crippen LogP contribution in [0.1, 0.15) is 11.4 Å². The molecule has 4 rings (SSSR count). The van der Waals surface area contributed by atoms with Crippen molar-refractivity contribution in [3.8, 4) is 0 Å². The second-order valence-corrected chi connectivity index (χ2v) is 24.6. The third-order valence-electron chi connectivity index (χ3n) is 6.95. The van der Waals surface area contributed by atoms with Gasteiger partial charge in [-0.05, 0) is 36.4 Å². The fourth-order valence-electron chi connectivity index (χ4n) is 4.37. The van der Waals surface area contributed by atoms with E-state index in [0.29, 0.717) is 41.9 Å². The number of fused-ring (bicyclic) bond motifs is 2. The topological polar surface area (TPSA) is 146 Å². The molecule has 0 radical (unpaired) electrons. The summed E-state index contributed by atoms with van der Waals surface area (Å²) in [6.07, 6.45) is -0.128. The zero-order chi connectivity index (χ0) is 33.2. The largest absolute Gasteiger partial charge is 0.481 e. The Balaban J connectivity index is 0.000000246. The van der Waals surface area contributed by atoms with Gasteiger partial charge in [-0.1, -0.05) is 63.5 Å². The fourth-order valence-corrected chi connectivity index (χ4v) is 5.88. The molecular weight excluding hydrogens is 609 g/mol. The van der Waals surface area contributed by atoms with E-state index in [4.69, 9.17) is 19.7 Å². The number of aliphatic carboxylic acids is 1. The van der Waals surface area contributed by atoms with Gasteiger partial charge in [0.15, 0.2) is 0 Å². The molecule has 0 fully saturated rings. The van der Waals surface area contributed by atoms with Crippen LogP contribution in [0.4, 0.5) is 0 Å². The number of carboxylic acid groups (broad SMARTS) is 1. The molecule has 0 atom stereocenters. The number of nitrogens with zero attached hydrogens (tertiary/aromatic N) is 4. The fraction of sp³-hybridized carbons (Fsp3) is 0.469. The molecule has 244 valence electrons. The van der Waals surface area contributed by atoms with Gasteiger partial charge < -0.3 is 19.7 Å². The summed E-state index contributed by atoms with van der Waals surface area (Å²) < 4.78 is 14.7. The van der Waals surface area contributed by atoms with Crippen LogP contribution in [-0.2, 0) is 40.6 Å². The Morgan fingerprint density at radius 3 is 1.58 bits per heavy atom. The van der Waals surface area contributed by atoms with Crippen molar-refractivity contribution in [2.24, 2.45) is 0 Å². The lowest BCUT2D eigenvalue weighted by Crippen LogP contribution is -2.24. The molecule has 11 nitrogen and oxygen atoms in total. The number of aliphatic hydroxyl groups is 1. The minimum atomic E-state index is -1.17. The first-order valence-corrected chi connectivity index (χ1v) is 22.6. The highest BCUT2D eigenvalue weighted by molar-refractivity contribution is 6.76. The highest BCUT2D eigenvalue weighted by atomic mass is 28.3. The Kier molecular flexibility index (Phi) is 12.9. The zero-order valence-electron chi connectivity index (χ0n) is 27.2. The molecular formula is C32H46N4O7Si2. The van der Waals surface area contributed by atoms with E-state index in [2.05, 4.69) is 49.5 Å². The molecule has 0 amide bonds. The lowest BCUT2D eigenvalue weighted by Gasteiger charge is -2.16. The van der Waals surface area contributed by atoms with Gasteiger partial charge in [-0.15, -0.1) is 0 Å². The van der Waals surface area contributed by atoms with Gasteiger partial charge >= 0.3 is 5.97 Å². The minimum Gasteiger partial charge on any atom is -0.481 e. The molecule has 13 heteroatoms. The van der Waals surface area contributed by atoms with Crippen LogP contribution in [0.2, 0.25) is 51.4 Å². The van der Waals surface area contributed by atoms with Gasteiger partial charge in [-0.3, -0.25) is 14.4 Å². The maximum absolute atomic E-state index is 12.3. The average Bonchev–Trinajstić information content (AvgIpc) is 2.97. The number of para-hydroxylation sites is 2. The smallest absolute Gasteiger partial charge is 0.309 e. The first kappa shape index (κ1) is 36.0. The SMILES string of the molecule is C[Si](C)(C)CCOCn1nc(CC(=O)O)c(=O)c2ccccc21.C[Si](C)(C)CCOCn1nc(CCO)c(=O)c2ccccc21. The molecule has 0 bridgehead atoms. The van der Waals surface area contributed by atoms with Crippen LogP contribution >= 0.6 is 0 Å². The Labute approximate surface area is 265 Å². The summed E-state index contributed by atoms with van der Waals surface area (Å²) in [5.41, 5.74) is 1.39. The standard InChI is InChI=1S/C16H22N2O4Si.C16H24N2O3Si/c1-23(2,3)9-8-22-11-18-14-7-5-4-6-12(14)16(21)13(17-18)10-15(19)20;1-22(2,3)11-10-21-12-18-15-7-5-4-6-13(15)16(20)14(17-18)8-9-19/h4-7H,8-11H2,1-3H3,(H,19,20);4-7,19H,8-12H2,1-3H3. The first-order chi connectivity index (χ1) is 21.2. The molecule has 2 heterocycles. The van der Waals surface area contributed by atoms with Gasteiger partial charge in [0.1, 0.15) is 24.8 Å². The maximum Gasteiger partial charge on any atom is 0.309 e. The number of aliphatic hydroxyl groups excluding tert-OH is 1. The van der Waals surface area contributed by atoms with Crippen LogP contribution in [0, 0.1) is 0 Å². The van der Waals surface area contributed by atoms with Crippen molar-refractivity contribution >= 4 is 43.9 Å².